The highest BCUT2D eigenvalue weighted by atomic mass is 16.2. The van der Waals surface area contributed by atoms with Crippen molar-refractivity contribution >= 4 is 5.91 Å². The van der Waals surface area contributed by atoms with Gasteiger partial charge in [0, 0.05) is 26.1 Å². The fourth-order valence-corrected chi connectivity index (χ4v) is 2.63. The number of nitrogens with zero attached hydrogens (tertiary/aromatic N) is 1. The van der Waals surface area contributed by atoms with Crippen LogP contribution in [0.5, 0.6) is 0 Å². The Morgan fingerprint density at radius 3 is 2.53 bits per heavy atom. The van der Waals surface area contributed by atoms with Crippen molar-refractivity contribution in [2.45, 2.75) is 58.3 Å². The summed E-state index contributed by atoms with van der Waals surface area (Å²) in [6.45, 7) is 4.36. The van der Waals surface area contributed by atoms with Crippen LogP contribution in [0.2, 0.25) is 0 Å². The van der Waals surface area contributed by atoms with Crippen LogP contribution < -0.4 is 5.73 Å². The Labute approximate surface area is 106 Å². The maximum absolute atomic E-state index is 12.2. The third-order valence-corrected chi connectivity index (χ3v) is 3.72. The van der Waals surface area contributed by atoms with Gasteiger partial charge in [-0.3, -0.25) is 4.79 Å². The van der Waals surface area contributed by atoms with Gasteiger partial charge in [-0.1, -0.05) is 32.6 Å². The molecule has 0 aromatic heterocycles. The fraction of sp³-hybridized carbons (Fsp3) is 0.929. The number of carbonyl (C=O) groups excluding carboxylic acids is 1. The van der Waals surface area contributed by atoms with Crippen molar-refractivity contribution in [1.29, 1.82) is 0 Å². The summed E-state index contributed by atoms with van der Waals surface area (Å²) in [7, 11) is 0. The molecule has 17 heavy (non-hydrogen) atoms. The Kier molecular flexibility index (Phi) is 7.25. The van der Waals surface area contributed by atoms with Gasteiger partial charge in [-0.25, -0.2) is 0 Å². The summed E-state index contributed by atoms with van der Waals surface area (Å²) in [6, 6.07) is 0. The zero-order valence-electron chi connectivity index (χ0n) is 11.3. The average Bonchev–Trinajstić information content (AvgIpc) is 2.35. The predicted molar refractivity (Wildman–Crippen MR) is 71.7 cm³/mol. The molecule has 0 bridgehead atoms. The first-order valence-electron chi connectivity index (χ1n) is 7.25. The highest BCUT2D eigenvalue weighted by molar-refractivity contribution is 5.76. The Hall–Kier alpha value is -0.570. The Morgan fingerprint density at radius 1 is 1.24 bits per heavy atom. The van der Waals surface area contributed by atoms with Crippen molar-refractivity contribution < 1.29 is 4.79 Å². The van der Waals surface area contributed by atoms with Crippen molar-refractivity contribution in [2.24, 2.45) is 11.7 Å². The zero-order chi connectivity index (χ0) is 12.5. The van der Waals surface area contributed by atoms with Crippen LogP contribution in [0.3, 0.4) is 0 Å². The number of hydrogen-bond acceptors (Lipinski definition) is 2. The molecule has 2 N–H and O–H groups in total. The van der Waals surface area contributed by atoms with Gasteiger partial charge in [-0.2, -0.15) is 0 Å². The largest absolute Gasteiger partial charge is 0.341 e. The van der Waals surface area contributed by atoms with Gasteiger partial charge in [0.1, 0.15) is 0 Å². The van der Waals surface area contributed by atoms with E-state index in [1.54, 1.807) is 0 Å². The van der Waals surface area contributed by atoms with E-state index in [1.165, 1.54) is 32.1 Å². The Bertz CT molecular complexity index is 212. The van der Waals surface area contributed by atoms with Crippen LogP contribution >= 0.6 is 0 Å². The number of unbranched alkanes of at least 4 members (excludes halogenated alkanes) is 1. The van der Waals surface area contributed by atoms with Crippen LogP contribution in [0.15, 0.2) is 0 Å². The van der Waals surface area contributed by atoms with Crippen LogP contribution in [-0.4, -0.2) is 30.4 Å². The van der Waals surface area contributed by atoms with E-state index in [4.69, 9.17) is 5.73 Å². The van der Waals surface area contributed by atoms with Crippen LogP contribution in [0.1, 0.15) is 58.3 Å². The third kappa shape index (κ3) is 5.53. The van der Waals surface area contributed by atoms with E-state index in [1.807, 2.05) is 4.90 Å². The summed E-state index contributed by atoms with van der Waals surface area (Å²) < 4.78 is 0. The molecule has 100 valence electrons. The minimum Gasteiger partial charge on any atom is -0.341 e. The number of rotatable bonds is 7. The van der Waals surface area contributed by atoms with E-state index in [9.17, 15) is 4.79 Å². The second kappa shape index (κ2) is 8.51. The van der Waals surface area contributed by atoms with Gasteiger partial charge in [0.25, 0.3) is 0 Å². The third-order valence-electron chi connectivity index (χ3n) is 3.72. The lowest BCUT2D eigenvalue weighted by Crippen LogP contribution is -2.37. The summed E-state index contributed by atoms with van der Waals surface area (Å²) in [5.41, 5.74) is 5.58. The molecule has 1 rings (SSSR count). The van der Waals surface area contributed by atoms with Crippen molar-refractivity contribution in [3.05, 3.63) is 0 Å². The van der Waals surface area contributed by atoms with Gasteiger partial charge in [-0.05, 0) is 25.2 Å². The molecule has 3 nitrogen and oxygen atoms in total. The van der Waals surface area contributed by atoms with Crippen LogP contribution in [0, 0.1) is 5.92 Å². The summed E-state index contributed by atoms with van der Waals surface area (Å²) >= 11 is 0. The van der Waals surface area contributed by atoms with E-state index in [0.29, 0.717) is 18.4 Å². The molecule has 0 aromatic carbocycles. The van der Waals surface area contributed by atoms with E-state index in [2.05, 4.69) is 6.92 Å². The second-order valence-corrected chi connectivity index (χ2v) is 5.23. The minimum absolute atomic E-state index is 0.329. The smallest absolute Gasteiger partial charge is 0.222 e. The molecule has 1 fully saturated rings. The standard InChI is InChI=1S/C14H28N2O/c1-2-3-10-16(11-9-15)14(17)12-13-7-5-4-6-8-13/h13H,2-12,15H2,1H3. The lowest BCUT2D eigenvalue weighted by Gasteiger charge is -2.26. The lowest BCUT2D eigenvalue weighted by molar-refractivity contribution is -0.132. The zero-order valence-corrected chi connectivity index (χ0v) is 11.3. The van der Waals surface area contributed by atoms with Gasteiger partial charge in [0.15, 0.2) is 0 Å². The first kappa shape index (κ1) is 14.5. The predicted octanol–water partition coefficient (Wildman–Crippen LogP) is 2.54. The first-order chi connectivity index (χ1) is 8.27. The number of amides is 1. The summed E-state index contributed by atoms with van der Waals surface area (Å²) in [5.74, 6) is 0.967. The van der Waals surface area contributed by atoms with Gasteiger partial charge >= 0.3 is 0 Å². The lowest BCUT2D eigenvalue weighted by atomic mass is 9.86. The summed E-state index contributed by atoms with van der Waals surface area (Å²) in [4.78, 5) is 14.1. The van der Waals surface area contributed by atoms with E-state index >= 15 is 0 Å². The molecule has 1 amide bonds. The van der Waals surface area contributed by atoms with Gasteiger partial charge in [0.05, 0.1) is 0 Å². The SMILES string of the molecule is CCCCN(CCN)C(=O)CC1CCCCC1. The molecular weight excluding hydrogens is 212 g/mol. The molecule has 1 aliphatic rings. The normalized spacial score (nSPS) is 17.1. The van der Waals surface area contributed by atoms with Gasteiger partial charge in [0.2, 0.25) is 5.91 Å². The van der Waals surface area contributed by atoms with E-state index in [-0.39, 0.29) is 0 Å². The number of hydrogen-bond donors (Lipinski definition) is 1. The van der Waals surface area contributed by atoms with Crippen molar-refractivity contribution in [1.82, 2.24) is 4.90 Å². The highest BCUT2D eigenvalue weighted by Crippen LogP contribution is 2.26. The topological polar surface area (TPSA) is 46.3 Å². The van der Waals surface area contributed by atoms with Gasteiger partial charge < -0.3 is 10.6 Å². The molecule has 1 saturated carbocycles. The van der Waals surface area contributed by atoms with Crippen molar-refractivity contribution in [3.8, 4) is 0 Å². The fourth-order valence-electron chi connectivity index (χ4n) is 2.63. The number of carbonyl (C=O) groups is 1. The molecule has 0 saturated heterocycles. The number of nitrogens with two attached hydrogens (primary N) is 1. The molecule has 0 aliphatic heterocycles. The van der Waals surface area contributed by atoms with Crippen molar-refractivity contribution in [3.63, 3.8) is 0 Å². The molecule has 1 aliphatic carbocycles. The van der Waals surface area contributed by atoms with E-state index < -0.39 is 0 Å². The molecule has 0 spiro atoms. The van der Waals surface area contributed by atoms with Crippen LogP contribution in [0.25, 0.3) is 0 Å². The molecule has 0 unspecified atom stereocenters. The monoisotopic (exact) mass is 240 g/mol. The van der Waals surface area contributed by atoms with Crippen LogP contribution in [-0.2, 0) is 4.79 Å². The average molecular weight is 240 g/mol. The molecule has 0 radical (unpaired) electrons. The van der Waals surface area contributed by atoms with Gasteiger partial charge in [-0.15, -0.1) is 0 Å². The Balaban J connectivity index is 2.34. The maximum Gasteiger partial charge on any atom is 0.222 e. The molecular formula is C14H28N2O. The van der Waals surface area contributed by atoms with E-state index in [0.717, 1.165) is 32.4 Å². The minimum atomic E-state index is 0.329. The summed E-state index contributed by atoms with van der Waals surface area (Å²) in [5, 5.41) is 0. The molecule has 3 heteroatoms. The summed E-state index contributed by atoms with van der Waals surface area (Å²) in [6.07, 6.45) is 9.45. The maximum atomic E-state index is 12.2. The van der Waals surface area contributed by atoms with Crippen molar-refractivity contribution in [2.75, 3.05) is 19.6 Å². The molecule has 0 heterocycles. The first-order valence-corrected chi connectivity index (χ1v) is 7.25. The van der Waals surface area contributed by atoms with Crippen LogP contribution in [0.4, 0.5) is 0 Å². The quantitative estimate of drug-likeness (QED) is 0.743. The Morgan fingerprint density at radius 2 is 1.94 bits per heavy atom. The molecule has 0 aromatic rings. The molecule has 0 atom stereocenters. The highest BCUT2D eigenvalue weighted by Gasteiger charge is 2.20. The second-order valence-electron chi connectivity index (χ2n) is 5.23.